The molecule has 11 heteroatoms. The molecule has 0 saturated carbocycles. The van der Waals surface area contributed by atoms with Gasteiger partial charge in [-0.3, -0.25) is 0 Å². The first-order chi connectivity index (χ1) is 16.4. The summed E-state index contributed by atoms with van der Waals surface area (Å²) in [5, 5.41) is 4.73. The average molecular weight is 486 g/mol. The Morgan fingerprint density at radius 3 is 2.50 bits per heavy atom. The van der Waals surface area contributed by atoms with Crippen LogP contribution in [-0.2, 0) is 14.8 Å². The molecule has 0 atom stereocenters. The summed E-state index contributed by atoms with van der Waals surface area (Å²) in [7, 11) is -0.520. The summed E-state index contributed by atoms with van der Waals surface area (Å²) in [4.78, 5) is 4.68. The molecule has 1 aliphatic rings. The zero-order valence-corrected chi connectivity index (χ0v) is 19.7. The summed E-state index contributed by atoms with van der Waals surface area (Å²) in [6, 6.07) is 10.1. The number of aromatic nitrogens is 2. The first-order valence-electron chi connectivity index (χ1n) is 10.6. The maximum absolute atomic E-state index is 13.1. The first kappa shape index (κ1) is 22.4. The predicted octanol–water partition coefficient (Wildman–Crippen LogP) is 3.50. The van der Waals surface area contributed by atoms with Crippen LogP contribution in [-0.4, -0.2) is 63.4 Å². The average Bonchev–Trinajstić information content (AvgIpc) is 3.49. The number of morpholine rings is 1. The molecular formula is C23H23N3O7S. The molecule has 0 N–H and O–H groups in total. The lowest BCUT2D eigenvalue weighted by atomic mass is 10.1. The Morgan fingerprint density at radius 1 is 1.00 bits per heavy atom. The van der Waals surface area contributed by atoms with E-state index in [4.69, 9.17) is 23.2 Å². The second-order valence-corrected chi connectivity index (χ2v) is 9.66. The Kier molecular flexibility index (Phi) is 5.76. The molecule has 3 heterocycles. The van der Waals surface area contributed by atoms with Crippen LogP contribution in [0.2, 0.25) is 0 Å². The van der Waals surface area contributed by atoms with E-state index in [0.29, 0.717) is 71.5 Å². The van der Waals surface area contributed by atoms with E-state index in [1.54, 1.807) is 50.6 Å². The van der Waals surface area contributed by atoms with E-state index in [0.717, 1.165) is 0 Å². The van der Waals surface area contributed by atoms with E-state index in [1.165, 1.54) is 4.31 Å². The third-order valence-electron chi connectivity index (χ3n) is 5.78. The molecule has 0 bridgehead atoms. The maximum Gasteiger partial charge on any atom is 0.294 e. The molecule has 2 aromatic carbocycles. The monoisotopic (exact) mass is 485 g/mol. The second kappa shape index (κ2) is 8.75. The number of rotatable bonds is 6. The largest absolute Gasteiger partial charge is 0.493 e. The summed E-state index contributed by atoms with van der Waals surface area (Å²) in [5.74, 6) is 2.06. The molecule has 10 nitrogen and oxygen atoms in total. The van der Waals surface area contributed by atoms with Gasteiger partial charge >= 0.3 is 0 Å². The molecule has 178 valence electrons. The lowest BCUT2D eigenvalue weighted by Gasteiger charge is -2.26. The van der Waals surface area contributed by atoms with Gasteiger partial charge in [0.1, 0.15) is 5.58 Å². The van der Waals surface area contributed by atoms with Crippen molar-refractivity contribution >= 4 is 21.0 Å². The van der Waals surface area contributed by atoms with E-state index in [1.807, 2.05) is 6.92 Å². The van der Waals surface area contributed by atoms with Crippen molar-refractivity contribution < 1.29 is 31.6 Å². The highest BCUT2D eigenvalue weighted by molar-refractivity contribution is 7.89. The summed E-state index contributed by atoms with van der Waals surface area (Å²) in [6.45, 7) is 3.26. The molecule has 2 aromatic heterocycles. The van der Waals surface area contributed by atoms with Crippen molar-refractivity contribution in [2.24, 2.45) is 0 Å². The molecule has 5 rings (SSSR count). The minimum Gasteiger partial charge on any atom is -0.493 e. The summed E-state index contributed by atoms with van der Waals surface area (Å²) in [6.07, 6.45) is 0. The van der Waals surface area contributed by atoms with Gasteiger partial charge in [-0.15, -0.1) is 0 Å². The molecule has 0 amide bonds. The zero-order chi connectivity index (χ0) is 23.9. The van der Waals surface area contributed by atoms with Crippen molar-refractivity contribution in [1.29, 1.82) is 0 Å². The molecule has 34 heavy (non-hydrogen) atoms. The van der Waals surface area contributed by atoms with Gasteiger partial charge in [0.25, 0.3) is 5.89 Å². The van der Waals surface area contributed by atoms with Gasteiger partial charge in [-0.25, -0.2) is 8.42 Å². The lowest BCUT2D eigenvalue weighted by molar-refractivity contribution is 0.0730. The zero-order valence-electron chi connectivity index (χ0n) is 18.9. The molecular weight excluding hydrogens is 462 g/mol. The van der Waals surface area contributed by atoms with Crippen LogP contribution in [0.5, 0.6) is 11.5 Å². The SMILES string of the molecule is COc1ccc(-c2noc(-c3oc4ccc(S(=O)(=O)N5CCOCC5)cc4c3C)n2)cc1OC. The van der Waals surface area contributed by atoms with E-state index in [2.05, 4.69) is 10.1 Å². The minimum atomic E-state index is -3.63. The van der Waals surface area contributed by atoms with Gasteiger partial charge in [-0.05, 0) is 43.3 Å². The number of methoxy groups -OCH3 is 2. The number of sulfonamides is 1. The Bertz CT molecular complexity index is 1450. The van der Waals surface area contributed by atoms with Gasteiger partial charge in [-0.1, -0.05) is 5.16 Å². The highest BCUT2D eigenvalue weighted by atomic mass is 32.2. The molecule has 0 unspecified atom stereocenters. The minimum absolute atomic E-state index is 0.191. The smallest absolute Gasteiger partial charge is 0.294 e. The van der Waals surface area contributed by atoms with E-state index in [-0.39, 0.29) is 10.8 Å². The number of benzene rings is 2. The first-order valence-corrected chi connectivity index (χ1v) is 12.0. The number of hydrogen-bond donors (Lipinski definition) is 0. The van der Waals surface area contributed by atoms with Gasteiger partial charge in [-0.2, -0.15) is 9.29 Å². The Hall–Kier alpha value is -3.41. The fourth-order valence-corrected chi connectivity index (χ4v) is 5.34. The maximum atomic E-state index is 13.1. The van der Waals surface area contributed by atoms with Crippen LogP contribution >= 0.6 is 0 Å². The van der Waals surface area contributed by atoms with Crippen molar-refractivity contribution in [2.75, 3.05) is 40.5 Å². The quantitative estimate of drug-likeness (QED) is 0.404. The third-order valence-corrected chi connectivity index (χ3v) is 7.67. The Labute approximate surface area is 196 Å². The number of ether oxygens (including phenoxy) is 3. The number of aryl methyl sites for hydroxylation is 1. The van der Waals surface area contributed by atoms with E-state index >= 15 is 0 Å². The summed E-state index contributed by atoms with van der Waals surface area (Å²) in [5.41, 5.74) is 1.91. The normalized spacial score (nSPS) is 15.0. The molecule has 0 aliphatic carbocycles. The van der Waals surface area contributed by atoms with Crippen molar-refractivity contribution in [1.82, 2.24) is 14.4 Å². The van der Waals surface area contributed by atoms with Crippen LogP contribution in [0.25, 0.3) is 34.0 Å². The predicted molar refractivity (Wildman–Crippen MR) is 122 cm³/mol. The van der Waals surface area contributed by atoms with Gasteiger partial charge in [0.15, 0.2) is 17.3 Å². The fourth-order valence-electron chi connectivity index (χ4n) is 3.91. The standard InChI is InChI=1S/C23H23N3O7S/c1-14-17-13-16(34(27,28)26-8-10-31-11-9-26)5-7-18(17)32-21(14)23-24-22(25-33-23)15-4-6-19(29-2)20(12-15)30-3/h4-7,12-13H,8-11H2,1-3H3. The molecule has 1 saturated heterocycles. The van der Waals surface area contributed by atoms with E-state index < -0.39 is 10.0 Å². The van der Waals surface area contributed by atoms with Crippen molar-refractivity contribution in [2.45, 2.75) is 11.8 Å². The van der Waals surface area contributed by atoms with Gasteiger partial charge in [0.05, 0.1) is 32.3 Å². The summed E-state index contributed by atoms with van der Waals surface area (Å²) >= 11 is 0. The molecule has 4 aromatic rings. The topological polar surface area (TPSA) is 117 Å². The van der Waals surface area contributed by atoms with Crippen LogP contribution in [0, 0.1) is 6.92 Å². The van der Waals surface area contributed by atoms with Gasteiger partial charge in [0.2, 0.25) is 15.8 Å². The van der Waals surface area contributed by atoms with Crippen LogP contribution < -0.4 is 9.47 Å². The number of furan rings is 1. The summed E-state index contributed by atoms with van der Waals surface area (Å²) < 4.78 is 54.9. The second-order valence-electron chi connectivity index (χ2n) is 7.72. The fraction of sp³-hybridized carbons (Fsp3) is 0.304. The number of hydrogen-bond acceptors (Lipinski definition) is 9. The highest BCUT2D eigenvalue weighted by Gasteiger charge is 2.28. The third kappa shape index (κ3) is 3.81. The van der Waals surface area contributed by atoms with Gasteiger partial charge < -0.3 is 23.2 Å². The molecule has 1 fully saturated rings. The van der Waals surface area contributed by atoms with Crippen LogP contribution in [0.1, 0.15) is 5.56 Å². The number of fused-ring (bicyclic) bond motifs is 1. The molecule has 0 radical (unpaired) electrons. The van der Waals surface area contributed by atoms with Crippen LogP contribution in [0.4, 0.5) is 0 Å². The highest BCUT2D eigenvalue weighted by Crippen LogP contribution is 2.36. The van der Waals surface area contributed by atoms with Crippen LogP contribution in [0.3, 0.4) is 0 Å². The van der Waals surface area contributed by atoms with Crippen LogP contribution in [0.15, 0.2) is 50.2 Å². The van der Waals surface area contributed by atoms with Gasteiger partial charge in [0, 0.05) is 29.6 Å². The van der Waals surface area contributed by atoms with Crippen molar-refractivity contribution in [3.8, 4) is 34.5 Å². The van der Waals surface area contributed by atoms with E-state index in [9.17, 15) is 8.42 Å². The molecule has 1 aliphatic heterocycles. The lowest BCUT2D eigenvalue weighted by Crippen LogP contribution is -2.40. The van der Waals surface area contributed by atoms with Crippen molar-refractivity contribution in [3.05, 3.63) is 42.0 Å². The number of nitrogens with zero attached hydrogens (tertiary/aromatic N) is 3. The molecule has 0 spiro atoms. The van der Waals surface area contributed by atoms with Crippen molar-refractivity contribution in [3.63, 3.8) is 0 Å². The Morgan fingerprint density at radius 2 is 1.76 bits per heavy atom. The Balaban J connectivity index is 1.50.